The highest BCUT2D eigenvalue weighted by Crippen LogP contribution is 2.40. The molecule has 41 heavy (non-hydrogen) atoms. The molecule has 0 bridgehead atoms. The van der Waals surface area contributed by atoms with Gasteiger partial charge in [-0.1, -0.05) is 18.5 Å². The quantitative estimate of drug-likeness (QED) is 0.298. The van der Waals surface area contributed by atoms with Crippen LogP contribution in [0.25, 0.3) is 0 Å². The van der Waals surface area contributed by atoms with E-state index in [9.17, 15) is 27.9 Å². The van der Waals surface area contributed by atoms with Crippen LogP contribution in [0.2, 0.25) is 5.02 Å². The average molecular weight is 613 g/mol. The van der Waals surface area contributed by atoms with Gasteiger partial charge >= 0.3 is 6.09 Å². The molecule has 14 heteroatoms. The molecule has 2 aromatic carbocycles. The number of rotatable bonds is 8. The number of ether oxygens (including phenoxy) is 2. The fraction of sp³-hybridized carbons (Fsp3) is 0.593. The second-order valence-corrected chi connectivity index (χ2v) is 13.7. The Morgan fingerprint density at radius 1 is 1.15 bits per heavy atom. The zero-order valence-corrected chi connectivity index (χ0v) is 25.4. The van der Waals surface area contributed by atoms with E-state index in [1.54, 1.807) is 20.8 Å². The van der Waals surface area contributed by atoms with Crippen molar-refractivity contribution in [3.63, 3.8) is 0 Å². The maximum atomic E-state index is 13.6. The van der Waals surface area contributed by atoms with Crippen molar-refractivity contribution in [2.24, 2.45) is 0 Å². The maximum absolute atomic E-state index is 13.6. The number of nitrogens with zero attached hydrogens (tertiary/aromatic N) is 2. The zero-order valence-electron chi connectivity index (χ0n) is 23.8. The van der Waals surface area contributed by atoms with Crippen LogP contribution in [0.3, 0.4) is 0 Å². The second kappa shape index (κ2) is 11.8. The Hall–Kier alpha value is -2.87. The van der Waals surface area contributed by atoms with Gasteiger partial charge in [-0.15, -0.1) is 0 Å². The first-order chi connectivity index (χ1) is 19.1. The third kappa shape index (κ3) is 6.47. The van der Waals surface area contributed by atoms with E-state index >= 15 is 0 Å². The largest absolute Gasteiger partial charge is 0.504 e. The van der Waals surface area contributed by atoms with Crippen molar-refractivity contribution in [2.75, 3.05) is 36.8 Å². The van der Waals surface area contributed by atoms with E-state index in [1.807, 2.05) is 13.8 Å². The van der Waals surface area contributed by atoms with Crippen LogP contribution in [0.1, 0.15) is 53.9 Å². The van der Waals surface area contributed by atoms with Crippen molar-refractivity contribution in [1.82, 2.24) is 9.21 Å². The van der Waals surface area contributed by atoms with Gasteiger partial charge in [0.2, 0.25) is 10.0 Å². The number of carbonyl (C=O) groups excluding carboxylic acids is 1. The Balaban J connectivity index is 1.53. The van der Waals surface area contributed by atoms with Crippen LogP contribution in [0, 0.1) is 0 Å². The lowest BCUT2D eigenvalue weighted by molar-refractivity contribution is 0.0192. The Bertz CT molecular complexity index is 1470. The predicted molar refractivity (Wildman–Crippen MR) is 156 cm³/mol. The van der Waals surface area contributed by atoms with Crippen molar-refractivity contribution in [2.45, 2.75) is 82.6 Å². The summed E-state index contributed by atoms with van der Waals surface area (Å²) in [7, 11) is -4.30. The van der Waals surface area contributed by atoms with Gasteiger partial charge in [0.1, 0.15) is 21.9 Å². The summed E-state index contributed by atoms with van der Waals surface area (Å²) in [5.41, 5.74) is -2.31. The highest BCUT2D eigenvalue weighted by Gasteiger charge is 2.36. The number of benzene rings is 1. The van der Waals surface area contributed by atoms with Gasteiger partial charge in [-0.3, -0.25) is 9.59 Å². The summed E-state index contributed by atoms with van der Waals surface area (Å²) in [5.74, 6) is -0.689. The van der Waals surface area contributed by atoms with Gasteiger partial charge < -0.3 is 30.1 Å². The van der Waals surface area contributed by atoms with Gasteiger partial charge in [0.05, 0.1) is 29.0 Å². The number of halogens is 1. The van der Waals surface area contributed by atoms with Crippen LogP contribution < -0.4 is 21.5 Å². The first-order valence-electron chi connectivity index (χ1n) is 13.7. The minimum Gasteiger partial charge on any atom is -0.504 e. The number of hydrogen-bond acceptors (Lipinski definition) is 10. The monoisotopic (exact) mass is 612 g/mol. The van der Waals surface area contributed by atoms with Gasteiger partial charge in [0.25, 0.3) is 10.9 Å². The van der Waals surface area contributed by atoms with Gasteiger partial charge in [-0.25, -0.2) is 13.2 Å². The molecule has 0 aromatic heterocycles. The highest BCUT2D eigenvalue weighted by atomic mass is 35.5. The van der Waals surface area contributed by atoms with Crippen LogP contribution in [0.15, 0.2) is 26.6 Å². The highest BCUT2D eigenvalue weighted by molar-refractivity contribution is 7.89. The Morgan fingerprint density at radius 3 is 2.34 bits per heavy atom. The summed E-state index contributed by atoms with van der Waals surface area (Å²) in [6, 6.07) is 2.41. The lowest BCUT2D eigenvalue weighted by Crippen LogP contribution is -2.51. The molecule has 0 spiro atoms. The molecule has 0 saturated carbocycles. The minimum absolute atomic E-state index is 0.0402. The van der Waals surface area contributed by atoms with Crippen molar-refractivity contribution >= 4 is 44.8 Å². The van der Waals surface area contributed by atoms with E-state index in [2.05, 4.69) is 10.6 Å². The molecule has 3 atom stereocenters. The molecule has 0 radical (unpaired) electrons. The molecule has 0 unspecified atom stereocenters. The Kier molecular flexibility index (Phi) is 8.93. The molecule has 3 N–H and O–H groups in total. The number of aromatic hydroxyl groups is 1. The number of phenolic OH excluding ortho intramolecular Hbond substituents is 1. The summed E-state index contributed by atoms with van der Waals surface area (Å²) < 4.78 is 39.5. The number of carbonyl (C=O) groups is 1. The lowest BCUT2D eigenvalue weighted by atomic mass is 10.0. The molecule has 0 aliphatic carbocycles. The van der Waals surface area contributed by atoms with E-state index < -0.39 is 43.2 Å². The molecule has 2 aromatic rings. The third-order valence-electron chi connectivity index (χ3n) is 7.22. The van der Waals surface area contributed by atoms with Crippen LogP contribution >= 0.6 is 11.6 Å². The zero-order chi connectivity index (χ0) is 30.3. The van der Waals surface area contributed by atoms with E-state index in [0.29, 0.717) is 6.42 Å². The Labute approximate surface area is 244 Å². The number of phenols is 1. The predicted octanol–water partition coefficient (Wildman–Crippen LogP) is 3.38. The van der Waals surface area contributed by atoms with Gasteiger partial charge in [-0.05, 0) is 59.1 Å². The topological polar surface area (TPSA) is 155 Å². The summed E-state index contributed by atoms with van der Waals surface area (Å²) in [6.07, 6.45) is 1.79. The molecular formula is C27H37ClN4O8S. The van der Waals surface area contributed by atoms with E-state index in [1.165, 1.54) is 17.0 Å². The molecule has 2 heterocycles. The molecule has 2 aliphatic heterocycles. The maximum Gasteiger partial charge on any atom is 0.410 e. The molecule has 12 nitrogen and oxygen atoms in total. The summed E-state index contributed by atoms with van der Waals surface area (Å²) in [6.45, 7) is 9.24. The second-order valence-electron chi connectivity index (χ2n) is 11.4. The van der Waals surface area contributed by atoms with Crippen LogP contribution in [0.4, 0.5) is 21.9 Å². The van der Waals surface area contributed by atoms with Crippen molar-refractivity contribution < 1.29 is 27.8 Å². The van der Waals surface area contributed by atoms with Crippen molar-refractivity contribution in [1.29, 1.82) is 0 Å². The lowest BCUT2D eigenvalue weighted by Gasteiger charge is -2.35. The number of anilines is 3. The van der Waals surface area contributed by atoms with Gasteiger partial charge in [0.15, 0.2) is 5.75 Å². The average Bonchev–Trinajstić information content (AvgIpc) is 3.34. The molecule has 226 valence electrons. The van der Waals surface area contributed by atoms with Gasteiger partial charge in [0, 0.05) is 26.2 Å². The fourth-order valence-corrected chi connectivity index (χ4v) is 7.03. The van der Waals surface area contributed by atoms with E-state index in [4.69, 9.17) is 21.1 Å². The number of sulfonamides is 1. The molecule has 4 rings (SSSR count). The smallest absolute Gasteiger partial charge is 0.410 e. The van der Waals surface area contributed by atoms with Crippen molar-refractivity contribution in [3.05, 3.63) is 37.6 Å². The van der Waals surface area contributed by atoms with Crippen LogP contribution in [-0.2, 0) is 19.5 Å². The minimum atomic E-state index is -4.30. The molecular weight excluding hydrogens is 576 g/mol. The number of amides is 1. The van der Waals surface area contributed by atoms with Crippen LogP contribution in [-0.4, -0.2) is 78.9 Å². The number of nitrogens with one attached hydrogen (secondary N) is 2. The number of piperazine rings is 1. The summed E-state index contributed by atoms with van der Waals surface area (Å²) >= 11 is 6.26. The SMILES string of the molecule is CC[C@@H](Nc1c(Nc2ccc(Cl)c(S(=O)(=O)N3CCN(C(=O)OC(C)(C)C)CC3)c2O)c(=O)c1=O)[C@H]1CC[C@@H](C)O1. The first-order valence-corrected chi connectivity index (χ1v) is 15.5. The van der Waals surface area contributed by atoms with Crippen LogP contribution in [0.5, 0.6) is 5.75 Å². The first kappa shape index (κ1) is 31.1. The summed E-state index contributed by atoms with van der Waals surface area (Å²) in [4.78, 5) is 38.2. The standard InChI is InChI=1S/C27H37ClN4O8S/c1-6-17(19-10-7-15(2)39-19)29-20-21(24(35)23(20)34)30-18-9-8-16(28)25(22(18)33)41(37,38)32-13-11-31(12-14-32)26(36)40-27(3,4)5/h8-9,15,17,19,29-30,33H,6-7,10-14H2,1-5H3/t15-,17-,19-/m1/s1. The van der Waals surface area contributed by atoms with E-state index in [-0.39, 0.29) is 66.5 Å². The summed E-state index contributed by atoms with van der Waals surface area (Å²) in [5, 5.41) is 16.7. The third-order valence-corrected chi connectivity index (χ3v) is 9.63. The Morgan fingerprint density at radius 2 is 1.78 bits per heavy atom. The fourth-order valence-electron chi connectivity index (χ4n) is 5.02. The van der Waals surface area contributed by atoms with Crippen molar-refractivity contribution in [3.8, 4) is 5.75 Å². The molecule has 2 saturated heterocycles. The molecule has 2 aliphatic rings. The molecule has 1 amide bonds. The molecule has 2 fully saturated rings. The number of hydrogen-bond donors (Lipinski definition) is 3. The van der Waals surface area contributed by atoms with E-state index in [0.717, 1.165) is 17.1 Å². The normalized spacial score (nSPS) is 21.2. The van der Waals surface area contributed by atoms with Gasteiger partial charge in [-0.2, -0.15) is 4.31 Å².